The Morgan fingerprint density at radius 2 is 1.74 bits per heavy atom. The summed E-state index contributed by atoms with van der Waals surface area (Å²) in [5.41, 5.74) is 2.15. The van der Waals surface area contributed by atoms with Crippen LogP contribution in [0.3, 0.4) is 0 Å². The zero-order chi connectivity index (χ0) is 24.1. The number of nitrogens with one attached hydrogen (secondary N) is 1. The number of ether oxygens (including phenoxy) is 1. The first kappa shape index (κ1) is 24.4. The van der Waals surface area contributed by atoms with Gasteiger partial charge in [-0.3, -0.25) is 4.79 Å². The maximum absolute atomic E-state index is 14.0. The number of carbonyl (C=O) groups excluding carboxylic acids is 2. The van der Waals surface area contributed by atoms with Gasteiger partial charge in [-0.2, -0.15) is 0 Å². The lowest BCUT2D eigenvalue weighted by Crippen LogP contribution is -2.50. The van der Waals surface area contributed by atoms with Gasteiger partial charge in [0.05, 0.1) is 12.4 Å². The van der Waals surface area contributed by atoms with E-state index in [1.54, 1.807) is 71.6 Å². The Bertz CT molecular complexity index is 1200. The average Bonchev–Trinajstić information content (AvgIpc) is 2.87. The number of benzene rings is 3. The summed E-state index contributed by atoms with van der Waals surface area (Å²) in [6.45, 7) is 2.05. The van der Waals surface area contributed by atoms with Crippen molar-refractivity contribution in [1.29, 1.82) is 0 Å². The molecule has 5 nitrogen and oxygen atoms in total. The Labute approximate surface area is 212 Å². The fraction of sp³-hybridized carbons (Fsp3) is 0.192. The summed E-state index contributed by atoms with van der Waals surface area (Å²) in [6, 6.07) is 22.9. The fourth-order valence-corrected chi connectivity index (χ4v) is 6.40. The number of hydrogen-bond donors (Lipinski definition) is 1. The largest absolute Gasteiger partial charge is 0.497 e. The van der Waals surface area contributed by atoms with Gasteiger partial charge < -0.3 is 10.1 Å². The minimum absolute atomic E-state index is 0.191. The lowest BCUT2D eigenvalue weighted by Gasteiger charge is -2.28. The lowest BCUT2D eigenvalue weighted by molar-refractivity contribution is -0.365. The van der Waals surface area contributed by atoms with E-state index in [4.69, 9.17) is 16.3 Å². The molecule has 0 aromatic heterocycles. The molecule has 4 rings (SSSR count). The molecule has 0 fully saturated rings. The van der Waals surface area contributed by atoms with Crippen LogP contribution in [0.15, 0.2) is 78.9 Å². The van der Waals surface area contributed by atoms with Crippen LogP contribution >= 0.6 is 35.1 Å². The van der Waals surface area contributed by atoms with Crippen LogP contribution in [0.5, 0.6) is 5.75 Å². The zero-order valence-electron chi connectivity index (χ0n) is 18.7. The molecule has 0 radical (unpaired) electrons. The highest BCUT2D eigenvalue weighted by atomic mass is 35.5. The predicted molar refractivity (Wildman–Crippen MR) is 141 cm³/mol. The van der Waals surface area contributed by atoms with Crippen molar-refractivity contribution < 1.29 is 18.9 Å². The van der Waals surface area contributed by atoms with Gasteiger partial charge in [-0.15, -0.1) is 4.58 Å². The second kappa shape index (κ2) is 11.1. The van der Waals surface area contributed by atoms with Crippen molar-refractivity contribution in [2.75, 3.05) is 12.9 Å². The zero-order valence-corrected chi connectivity index (χ0v) is 21.1. The number of nitrogens with zero attached hydrogens (tertiary/aromatic N) is 1. The van der Waals surface area contributed by atoms with Crippen LogP contribution in [-0.2, 0) is 4.79 Å². The van der Waals surface area contributed by atoms with Crippen LogP contribution in [-0.4, -0.2) is 39.7 Å². The number of hydrogen-bond acceptors (Lipinski definition) is 5. The van der Waals surface area contributed by atoms with E-state index in [0.29, 0.717) is 16.3 Å². The summed E-state index contributed by atoms with van der Waals surface area (Å²) in [7, 11) is 1.60. The highest BCUT2D eigenvalue weighted by molar-refractivity contribution is 8.38. The van der Waals surface area contributed by atoms with Gasteiger partial charge in [0.1, 0.15) is 5.75 Å². The van der Waals surface area contributed by atoms with Crippen LogP contribution in [0.2, 0.25) is 5.02 Å². The van der Waals surface area contributed by atoms with Crippen molar-refractivity contribution >= 4 is 57.0 Å². The third-order valence-electron chi connectivity index (χ3n) is 5.32. The monoisotopic (exact) mass is 511 g/mol. The molecule has 0 spiro atoms. The van der Waals surface area contributed by atoms with Crippen molar-refractivity contribution in [1.82, 2.24) is 5.32 Å². The van der Waals surface area contributed by atoms with Gasteiger partial charge in [-0.25, -0.2) is 4.79 Å². The van der Waals surface area contributed by atoms with Gasteiger partial charge in [-0.05, 0) is 65.5 Å². The summed E-state index contributed by atoms with van der Waals surface area (Å²) in [5.74, 6) is 1.03. The minimum atomic E-state index is -0.776. The van der Waals surface area contributed by atoms with E-state index < -0.39 is 6.04 Å². The lowest BCUT2D eigenvalue weighted by atomic mass is 10.0. The van der Waals surface area contributed by atoms with Crippen LogP contribution < -0.4 is 10.1 Å². The molecule has 0 aliphatic carbocycles. The second-order valence-electron chi connectivity index (χ2n) is 7.48. The van der Waals surface area contributed by atoms with Crippen molar-refractivity contribution in [3.8, 4) is 5.75 Å². The number of halogens is 1. The summed E-state index contributed by atoms with van der Waals surface area (Å²) < 4.78 is 7.84. The fourth-order valence-electron chi connectivity index (χ4n) is 3.64. The van der Waals surface area contributed by atoms with Gasteiger partial charge in [-0.1, -0.05) is 48.9 Å². The van der Waals surface area contributed by atoms with E-state index in [1.165, 1.54) is 0 Å². The summed E-state index contributed by atoms with van der Waals surface area (Å²) in [5, 5.41) is 3.32. The van der Waals surface area contributed by atoms with E-state index in [-0.39, 0.29) is 17.1 Å². The van der Waals surface area contributed by atoms with Crippen LogP contribution in [0, 0.1) is 0 Å². The molecule has 0 saturated heterocycles. The Morgan fingerprint density at radius 1 is 1.06 bits per heavy atom. The molecule has 1 heterocycles. The molecule has 3 aromatic rings. The maximum atomic E-state index is 14.0. The highest BCUT2D eigenvalue weighted by Gasteiger charge is 2.47. The van der Waals surface area contributed by atoms with E-state index in [2.05, 4.69) is 12.2 Å². The predicted octanol–water partition coefficient (Wildman–Crippen LogP) is 5.92. The molecule has 0 bridgehead atoms. The summed E-state index contributed by atoms with van der Waals surface area (Å²) in [6.07, 6.45) is 0. The van der Waals surface area contributed by atoms with E-state index in [0.717, 1.165) is 21.4 Å². The summed E-state index contributed by atoms with van der Waals surface area (Å²) in [4.78, 5) is 27.1. The van der Waals surface area contributed by atoms with Gasteiger partial charge in [0, 0.05) is 28.5 Å². The SMILES string of the molecule is CCSC1=[N+](c2ccc(OC)cc2)C(=O)[C@@H](NC(=O)c2ccccc2)[C@@H](c2ccc(Cl)cc2)S1. The number of methoxy groups -OCH3 is 1. The molecule has 1 aliphatic rings. The Balaban J connectivity index is 1.78. The van der Waals surface area contributed by atoms with Crippen LogP contribution in [0.1, 0.15) is 28.1 Å². The molecule has 3 aromatic carbocycles. The number of amides is 2. The van der Waals surface area contributed by atoms with E-state index >= 15 is 0 Å². The van der Waals surface area contributed by atoms with Gasteiger partial charge in [0.25, 0.3) is 10.3 Å². The number of carbonyl (C=O) groups is 2. The Kier molecular flexibility index (Phi) is 7.98. The molecule has 8 heteroatoms. The van der Waals surface area contributed by atoms with E-state index in [9.17, 15) is 9.59 Å². The Hall–Kier alpha value is -2.74. The minimum Gasteiger partial charge on any atom is -0.497 e. The quantitative estimate of drug-likeness (QED) is 0.416. The topological polar surface area (TPSA) is 58.4 Å². The molecule has 2 atom stereocenters. The summed E-state index contributed by atoms with van der Waals surface area (Å²) >= 11 is 9.29. The third-order valence-corrected chi connectivity index (χ3v) is 8.11. The van der Waals surface area contributed by atoms with E-state index in [1.807, 2.05) is 42.5 Å². The van der Waals surface area contributed by atoms with Gasteiger partial charge in [0.2, 0.25) is 5.69 Å². The van der Waals surface area contributed by atoms with Crippen molar-refractivity contribution in [2.24, 2.45) is 0 Å². The van der Waals surface area contributed by atoms with Crippen molar-refractivity contribution in [3.05, 3.63) is 95.0 Å². The molecular formula is C26H24ClN2O3S2+. The highest BCUT2D eigenvalue weighted by Crippen LogP contribution is 2.42. The van der Waals surface area contributed by atoms with Gasteiger partial charge in [0.15, 0.2) is 6.04 Å². The first-order valence-corrected chi connectivity index (χ1v) is 13.0. The smallest absolute Gasteiger partial charge is 0.418 e. The van der Waals surface area contributed by atoms with Gasteiger partial charge >= 0.3 is 5.91 Å². The Morgan fingerprint density at radius 3 is 2.35 bits per heavy atom. The van der Waals surface area contributed by atoms with Crippen LogP contribution in [0.4, 0.5) is 5.69 Å². The first-order valence-electron chi connectivity index (χ1n) is 10.8. The molecule has 1 aliphatic heterocycles. The molecule has 0 unspecified atom stereocenters. The molecule has 1 N–H and O–H groups in total. The second-order valence-corrected chi connectivity index (χ2v) is 10.6. The maximum Gasteiger partial charge on any atom is 0.418 e. The van der Waals surface area contributed by atoms with Crippen molar-refractivity contribution in [3.63, 3.8) is 0 Å². The average molecular weight is 512 g/mol. The third kappa shape index (κ3) is 5.32. The number of thioether (sulfide) groups is 2. The normalized spacial score (nSPS) is 18.0. The van der Waals surface area contributed by atoms with Crippen LogP contribution in [0.25, 0.3) is 0 Å². The molecule has 34 heavy (non-hydrogen) atoms. The molecule has 174 valence electrons. The van der Waals surface area contributed by atoms with Crippen molar-refractivity contribution in [2.45, 2.75) is 18.2 Å². The standard InChI is InChI=1S/C26H23ClN2O3S2/c1-3-33-26-29(20-13-15-21(32-2)16-14-20)25(31)22(28-24(30)18-7-5-4-6-8-18)23(34-26)17-9-11-19(27)12-10-17/h4-16,22-23H,3H2,1-2H3/p+1/t22-,23+/m0/s1. The first-order chi connectivity index (χ1) is 16.5. The molecule has 0 saturated carbocycles. The number of rotatable bonds is 6. The molecule has 2 amide bonds. The molecular weight excluding hydrogens is 488 g/mol.